The summed E-state index contributed by atoms with van der Waals surface area (Å²) in [5.41, 5.74) is 0.490. The number of allylic oxidation sites excluding steroid dienone is 2. The van der Waals surface area contributed by atoms with Crippen molar-refractivity contribution in [3.8, 4) is 0 Å². The van der Waals surface area contributed by atoms with Crippen LogP contribution in [0, 0.1) is 11.8 Å². The average Bonchev–Trinajstić information content (AvgIpc) is 2.56. The van der Waals surface area contributed by atoms with E-state index in [0.29, 0.717) is 12.8 Å². The summed E-state index contributed by atoms with van der Waals surface area (Å²) < 4.78 is 4.62. The number of esters is 1. The number of benzene rings is 1. The highest BCUT2D eigenvalue weighted by molar-refractivity contribution is 6.33. The number of rotatable bonds is 4. The van der Waals surface area contributed by atoms with Crippen LogP contribution in [0.5, 0.6) is 0 Å². The van der Waals surface area contributed by atoms with E-state index < -0.39 is 29.7 Å². The fraction of sp³-hybridized carbons (Fsp3) is 0.312. The Morgan fingerprint density at radius 2 is 1.87 bits per heavy atom. The maximum atomic E-state index is 12.4. The minimum atomic E-state index is -1.01. The van der Waals surface area contributed by atoms with Gasteiger partial charge in [0.25, 0.3) is 0 Å². The zero-order valence-electron chi connectivity index (χ0n) is 12.4. The number of aliphatic carboxylic acids is 1. The van der Waals surface area contributed by atoms with Crippen molar-refractivity contribution < 1.29 is 24.2 Å². The van der Waals surface area contributed by atoms with E-state index in [1.165, 1.54) is 25.3 Å². The Kier molecular flexibility index (Phi) is 5.39. The van der Waals surface area contributed by atoms with Gasteiger partial charge in [-0.3, -0.25) is 9.59 Å². The molecule has 0 spiro atoms. The van der Waals surface area contributed by atoms with Crippen LogP contribution in [0.2, 0.25) is 5.02 Å². The monoisotopic (exact) mass is 337 g/mol. The van der Waals surface area contributed by atoms with Gasteiger partial charge in [-0.1, -0.05) is 23.8 Å². The molecule has 122 valence electrons. The van der Waals surface area contributed by atoms with E-state index >= 15 is 0 Å². The summed E-state index contributed by atoms with van der Waals surface area (Å²) in [4.78, 5) is 35.2. The van der Waals surface area contributed by atoms with Crippen LogP contribution in [0.4, 0.5) is 5.69 Å². The molecule has 1 amide bonds. The zero-order chi connectivity index (χ0) is 17.0. The predicted octanol–water partition coefficient (Wildman–Crippen LogP) is 2.73. The third-order valence-electron chi connectivity index (χ3n) is 3.73. The Morgan fingerprint density at radius 3 is 2.48 bits per heavy atom. The largest absolute Gasteiger partial charge is 0.481 e. The number of hydrogen-bond acceptors (Lipinski definition) is 4. The van der Waals surface area contributed by atoms with Gasteiger partial charge in [0.05, 0.1) is 35.2 Å². The highest BCUT2D eigenvalue weighted by Gasteiger charge is 2.34. The molecular formula is C16H16ClNO5. The zero-order valence-corrected chi connectivity index (χ0v) is 13.2. The molecule has 6 nitrogen and oxygen atoms in total. The number of carboxylic acid groups (broad SMARTS) is 1. The standard InChI is InChI=1S/C16H16ClNO5/c1-23-16(22)9-6-7-12(17)13(8-9)18-14(19)10-4-2-3-5-11(10)15(20)21/h2-3,6-8,10-11H,4-5H2,1H3,(H,18,19)(H,20,21)/t10-,11-/m0/s1. The maximum absolute atomic E-state index is 12.4. The van der Waals surface area contributed by atoms with Gasteiger partial charge in [0, 0.05) is 0 Å². The van der Waals surface area contributed by atoms with Crippen molar-refractivity contribution in [2.45, 2.75) is 12.8 Å². The first-order chi connectivity index (χ1) is 10.9. The van der Waals surface area contributed by atoms with Gasteiger partial charge in [-0.15, -0.1) is 0 Å². The van der Waals surface area contributed by atoms with Crippen molar-refractivity contribution in [2.75, 3.05) is 12.4 Å². The second kappa shape index (κ2) is 7.28. The molecule has 0 fully saturated rings. The van der Waals surface area contributed by atoms with Gasteiger partial charge >= 0.3 is 11.9 Å². The number of hydrogen-bond donors (Lipinski definition) is 2. The number of carboxylic acids is 1. The molecule has 0 aliphatic heterocycles. The summed E-state index contributed by atoms with van der Waals surface area (Å²) in [6.45, 7) is 0. The Labute approximate surface area is 138 Å². The lowest BCUT2D eigenvalue weighted by molar-refractivity contribution is -0.146. The van der Waals surface area contributed by atoms with Crippen LogP contribution in [0.15, 0.2) is 30.4 Å². The van der Waals surface area contributed by atoms with Crippen LogP contribution in [0.25, 0.3) is 0 Å². The smallest absolute Gasteiger partial charge is 0.337 e. The molecule has 0 heterocycles. The van der Waals surface area contributed by atoms with Gasteiger partial charge in [-0.25, -0.2) is 4.79 Å². The lowest BCUT2D eigenvalue weighted by Crippen LogP contribution is -2.34. The molecule has 2 N–H and O–H groups in total. The van der Waals surface area contributed by atoms with Crippen molar-refractivity contribution in [2.24, 2.45) is 11.8 Å². The van der Waals surface area contributed by atoms with Gasteiger partial charge in [0.2, 0.25) is 5.91 Å². The van der Waals surface area contributed by atoms with Gasteiger partial charge in [0.15, 0.2) is 0 Å². The van der Waals surface area contributed by atoms with Crippen LogP contribution in [0.3, 0.4) is 0 Å². The van der Waals surface area contributed by atoms with Crippen LogP contribution in [-0.2, 0) is 14.3 Å². The molecule has 2 rings (SSSR count). The third kappa shape index (κ3) is 3.90. The third-order valence-corrected chi connectivity index (χ3v) is 4.06. The molecule has 0 radical (unpaired) electrons. The first-order valence-corrected chi connectivity index (χ1v) is 7.38. The second-order valence-electron chi connectivity index (χ2n) is 5.17. The molecule has 0 aromatic heterocycles. The van der Waals surface area contributed by atoms with Gasteiger partial charge in [-0.2, -0.15) is 0 Å². The molecule has 0 bridgehead atoms. The fourth-order valence-corrected chi connectivity index (χ4v) is 2.63. The first kappa shape index (κ1) is 17.0. The number of halogens is 1. The molecule has 0 unspecified atom stereocenters. The molecule has 1 aliphatic rings. The predicted molar refractivity (Wildman–Crippen MR) is 84.4 cm³/mol. The number of nitrogens with one attached hydrogen (secondary N) is 1. The molecule has 0 saturated heterocycles. The molecule has 1 aromatic rings. The van der Waals surface area contributed by atoms with Crippen LogP contribution in [0.1, 0.15) is 23.2 Å². The van der Waals surface area contributed by atoms with E-state index in [9.17, 15) is 19.5 Å². The normalized spacial score (nSPS) is 19.9. The number of ether oxygens (including phenoxy) is 1. The maximum Gasteiger partial charge on any atom is 0.337 e. The van der Waals surface area contributed by atoms with Crippen molar-refractivity contribution in [1.29, 1.82) is 0 Å². The van der Waals surface area contributed by atoms with Gasteiger partial charge < -0.3 is 15.2 Å². The van der Waals surface area contributed by atoms with E-state index in [-0.39, 0.29) is 16.3 Å². The number of anilines is 1. The minimum Gasteiger partial charge on any atom is -0.481 e. The Morgan fingerprint density at radius 1 is 1.22 bits per heavy atom. The summed E-state index contributed by atoms with van der Waals surface area (Å²) in [7, 11) is 1.25. The molecule has 0 saturated carbocycles. The fourth-order valence-electron chi connectivity index (χ4n) is 2.47. The Hall–Kier alpha value is -2.34. The quantitative estimate of drug-likeness (QED) is 0.651. The molecule has 7 heteroatoms. The van der Waals surface area contributed by atoms with Crippen molar-refractivity contribution in [3.05, 3.63) is 40.9 Å². The van der Waals surface area contributed by atoms with Crippen molar-refractivity contribution in [1.82, 2.24) is 0 Å². The van der Waals surface area contributed by atoms with E-state index in [1.807, 2.05) is 0 Å². The number of amides is 1. The van der Waals surface area contributed by atoms with E-state index in [4.69, 9.17) is 11.6 Å². The van der Waals surface area contributed by atoms with Gasteiger partial charge in [0.1, 0.15) is 0 Å². The number of methoxy groups -OCH3 is 1. The highest BCUT2D eigenvalue weighted by Crippen LogP contribution is 2.29. The molecule has 1 aromatic carbocycles. The van der Waals surface area contributed by atoms with E-state index in [1.54, 1.807) is 12.2 Å². The lowest BCUT2D eigenvalue weighted by Gasteiger charge is -2.24. The van der Waals surface area contributed by atoms with Crippen LogP contribution >= 0.6 is 11.6 Å². The second-order valence-corrected chi connectivity index (χ2v) is 5.58. The van der Waals surface area contributed by atoms with Crippen LogP contribution < -0.4 is 5.32 Å². The summed E-state index contributed by atoms with van der Waals surface area (Å²) in [5.74, 6) is -3.46. The molecular weight excluding hydrogens is 322 g/mol. The van der Waals surface area contributed by atoms with Crippen molar-refractivity contribution in [3.63, 3.8) is 0 Å². The Balaban J connectivity index is 2.21. The lowest BCUT2D eigenvalue weighted by atomic mass is 9.82. The number of carbonyl (C=O) groups is 3. The topological polar surface area (TPSA) is 92.7 Å². The molecule has 1 aliphatic carbocycles. The average molecular weight is 338 g/mol. The van der Waals surface area contributed by atoms with E-state index in [0.717, 1.165) is 0 Å². The van der Waals surface area contributed by atoms with E-state index in [2.05, 4.69) is 10.1 Å². The Bertz CT molecular complexity index is 670. The number of carbonyl (C=O) groups excluding carboxylic acids is 2. The summed E-state index contributed by atoms with van der Waals surface area (Å²) in [5, 5.41) is 12.1. The highest BCUT2D eigenvalue weighted by atomic mass is 35.5. The first-order valence-electron chi connectivity index (χ1n) is 7.00. The minimum absolute atomic E-state index is 0.241. The van der Waals surface area contributed by atoms with Gasteiger partial charge in [-0.05, 0) is 31.0 Å². The van der Waals surface area contributed by atoms with Crippen molar-refractivity contribution >= 4 is 35.1 Å². The van der Waals surface area contributed by atoms with Crippen LogP contribution in [-0.4, -0.2) is 30.1 Å². The molecule has 2 atom stereocenters. The molecule has 23 heavy (non-hydrogen) atoms. The SMILES string of the molecule is COC(=O)c1ccc(Cl)c(NC(=O)[C@H]2CC=CC[C@@H]2C(=O)O)c1. The summed E-state index contributed by atoms with van der Waals surface area (Å²) >= 11 is 6.03. The summed E-state index contributed by atoms with van der Waals surface area (Å²) in [6, 6.07) is 4.35. The summed E-state index contributed by atoms with van der Waals surface area (Å²) in [6.07, 6.45) is 4.20.